The van der Waals surface area contributed by atoms with E-state index in [0.717, 1.165) is 45.4 Å². The highest BCUT2D eigenvalue weighted by atomic mass is 16.5. The Labute approximate surface area is 102 Å². The van der Waals surface area contributed by atoms with E-state index in [1.165, 1.54) is 0 Å². The standard InChI is InChI=1S/C12H23NO4/c1-16-8-4-2-3-7-13-9-10-5-6-11(17-10)12(14)15/h10-11,13H,2-9H2,1H3,(H,14,15). The van der Waals surface area contributed by atoms with Gasteiger partial charge < -0.3 is 19.9 Å². The normalized spacial score (nSPS) is 24.1. The highest BCUT2D eigenvalue weighted by Gasteiger charge is 2.29. The fourth-order valence-electron chi connectivity index (χ4n) is 1.97. The van der Waals surface area contributed by atoms with E-state index in [-0.39, 0.29) is 6.10 Å². The molecule has 100 valence electrons. The topological polar surface area (TPSA) is 67.8 Å². The van der Waals surface area contributed by atoms with Crippen LogP contribution in [0.2, 0.25) is 0 Å². The largest absolute Gasteiger partial charge is 0.479 e. The number of rotatable bonds is 9. The van der Waals surface area contributed by atoms with Crippen LogP contribution in [0.15, 0.2) is 0 Å². The molecule has 0 aromatic carbocycles. The van der Waals surface area contributed by atoms with Gasteiger partial charge in [-0.05, 0) is 38.6 Å². The van der Waals surface area contributed by atoms with E-state index in [9.17, 15) is 4.79 Å². The molecule has 17 heavy (non-hydrogen) atoms. The van der Waals surface area contributed by atoms with E-state index < -0.39 is 12.1 Å². The minimum absolute atomic E-state index is 0.0649. The molecule has 0 aromatic rings. The van der Waals surface area contributed by atoms with Crippen LogP contribution in [-0.4, -0.2) is 50.1 Å². The molecule has 1 saturated heterocycles. The summed E-state index contributed by atoms with van der Waals surface area (Å²) < 4.78 is 10.4. The molecule has 0 saturated carbocycles. The maximum atomic E-state index is 10.7. The summed E-state index contributed by atoms with van der Waals surface area (Å²) in [4.78, 5) is 10.7. The van der Waals surface area contributed by atoms with Gasteiger partial charge in [0.15, 0.2) is 6.10 Å². The third-order valence-corrected chi connectivity index (χ3v) is 2.96. The third-order valence-electron chi connectivity index (χ3n) is 2.96. The van der Waals surface area contributed by atoms with Crippen LogP contribution >= 0.6 is 0 Å². The van der Waals surface area contributed by atoms with Crippen molar-refractivity contribution < 1.29 is 19.4 Å². The molecule has 2 unspecified atom stereocenters. The predicted octanol–water partition coefficient (Wildman–Crippen LogP) is 1.02. The fourth-order valence-corrected chi connectivity index (χ4v) is 1.97. The van der Waals surface area contributed by atoms with Gasteiger partial charge in [0.25, 0.3) is 0 Å². The molecule has 5 heteroatoms. The molecule has 0 radical (unpaired) electrons. The van der Waals surface area contributed by atoms with Crippen molar-refractivity contribution in [3.63, 3.8) is 0 Å². The molecular formula is C12H23NO4. The van der Waals surface area contributed by atoms with Crippen LogP contribution in [0.25, 0.3) is 0 Å². The van der Waals surface area contributed by atoms with Gasteiger partial charge in [0.05, 0.1) is 6.10 Å². The molecule has 1 aliphatic heterocycles. The van der Waals surface area contributed by atoms with Crippen LogP contribution in [0.1, 0.15) is 32.1 Å². The lowest BCUT2D eigenvalue weighted by atomic mass is 10.2. The van der Waals surface area contributed by atoms with Crippen molar-refractivity contribution in [3.05, 3.63) is 0 Å². The summed E-state index contributed by atoms with van der Waals surface area (Å²) in [5.74, 6) is -0.841. The van der Waals surface area contributed by atoms with Crippen molar-refractivity contribution in [1.82, 2.24) is 5.32 Å². The fraction of sp³-hybridized carbons (Fsp3) is 0.917. The summed E-state index contributed by atoms with van der Waals surface area (Å²) >= 11 is 0. The average molecular weight is 245 g/mol. The Morgan fingerprint density at radius 3 is 2.88 bits per heavy atom. The van der Waals surface area contributed by atoms with E-state index in [1.54, 1.807) is 7.11 Å². The minimum Gasteiger partial charge on any atom is -0.479 e. The molecule has 5 nitrogen and oxygen atoms in total. The predicted molar refractivity (Wildman–Crippen MR) is 64.1 cm³/mol. The molecule has 0 amide bonds. The number of unbranched alkanes of at least 4 members (excludes halogenated alkanes) is 2. The van der Waals surface area contributed by atoms with Gasteiger partial charge in [-0.3, -0.25) is 0 Å². The molecular weight excluding hydrogens is 222 g/mol. The number of hydrogen-bond acceptors (Lipinski definition) is 4. The number of carboxylic acids is 1. The summed E-state index contributed by atoms with van der Waals surface area (Å²) in [5, 5.41) is 12.1. The average Bonchev–Trinajstić information content (AvgIpc) is 2.77. The zero-order valence-corrected chi connectivity index (χ0v) is 10.5. The van der Waals surface area contributed by atoms with Crippen LogP contribution in [0.5, 0.6) is 0 Å². The van der Waals surface area contributed by atoms with Gasteiger partial charge in [0, 0.05) is 20.3 Å². The molecule has 0 aromatic heterocycles. The van der Waals surface area contributed by atoms with E-state index >= 15 is 0 Å². The first kappa shape index (κ1) is 14.4. The SMILES string of the molecule is COCCCCCNCC1CCC(C(=O)O)O1. The lowest BCUT2D eigenvalue weighted by Gasteiger charge is -2.12. The Morgan fingerprint density at radius 1 is 1.41 bits per heavy atom. The second-order valence-corrected chi connectivity index (χ2v) is 4.42. The van der Waals surface area contributed by atoms with Crippen LogP contribution in [0, 0.1) is 0 Å². The van der Waals surface area contributed by atoms with Crippen LogP contribution < -0.4 is 5.32 Å². The summed E-state index contributed by atoms with van der Waals surface area (Å²) in [7, 11) is 1.72. The zero-order chi connectivity index (χ0) is 12.5. The molecule has 1 aliphatic rings. The van der Waals surface area contributed by atoms with Crippen molar-refractivity contribution >= 4 is 5.97 Å². The number of nitrogens with one attached hydrogen (secondary N) is 1. The third kappa shape index (κ3) is 6.00. The quantitative estimate of drug-likeness (QED) is 0.594. The monoisotopic (exact) mass is 245 g/mol. The van der Waals surface area contributed by atoms with Crippen molar-refractivity contribution in [2.24, 2.45) is 0 Å². The molecule has 2 N–H and O–H groups in total. The maximum absolute atomic E-state index is 10.7. The van der Waals surface area contributed by atoms with Gasteiger partial charge in [0.2, 0.25) is 0 Å². The molecule has 0 bridgehead atoms. The van der Waals surface area contributed by atoms with Crippen LogP contribution in [0.3, 0.4) is 0 Å². The molecule has 0 aliphatic carbocycles. The second-order valence-electron chi connectivity index (χ2n) is 4.42. The van der Waals surface area contributed by atoms with Crippen molar-refractivity contribution in [1.29, 1.82) is 0 Å². The summed E-state index contributed by atoms with van der Waals surface area (Å²) in [6, 6.07) is 0. The highest BCUT2D eigenvalue weighted by Crippen LogP contribution is 2.19. The first-order valence-corrected chi connectivity index (χ1v) is 6.32. The zero-order valence-electron chi connectivity index (χ0n) is 10.5. The lowest BCUT2D eigenvalue weighted by molar-refractivity contribution is -0.149. The van der Waals surface area contributed by atoms with Crippen molar-refractivity contribution in [3.8, 4) is 0 Å². The lowest BCUT2D eigenvalue weighted by Crippen LogP contribution is -2.29. The Hall–Kier alpha value is -0.650. The van der Waals surface area contributed by atoms with Crippen molar-refractivity contribution in [2.75, 3.05) is 26.8 Å². The Bertz CT molecular complexity index is 223. The second kappa shape index (κ2) is 8.44. The summed E-state index contributed by atoms with van der Waals surface area (Å²) in [6.45, 7) is 2.54. The number of methoxy groups -OCH3 is 1. The highest BCUT2D eigenvalue weighted by molar-refractivity contribution is 5.72. The molecule has 1 fully saturated rings. The molecule has 0 spiro atoms. The van der Waals surface area contributed by atoms with Gasteiger partial charge in [-0.1, -0.05) is 0 Å². The number of ether oxygens (including phenoxy) is 2. The first-order valence-electron chi connectivity index (χ1n) is 6.32. The molecule has 1 heterocycles. The van der Waals surface area contributed by atoms with E-state index in [1.807, 2.05) is 0 Å². The van der Waals surface area contributed by atoms with Gasteiger partial charge in [-0.15, -0.1) is 0 Å². The molecule has 2 atom stereocenters. The Morgan fingerprint density at radius 2 is 2.24 bits per heavy atom. The Balaban J connectivity index is 1.92. The molecule has 1 rings (SSSR count). The van der Waals surface area contributed by atoms with E-state index in [4.69, 9.17) is 14.6 Å². The van der Waals surface area contributed by atoms with Crippen LogP contribution in [-0.2, 0) is 14.3 Å². The van der Waals surface area contributed by atoms with Gasteiger partial charge in [0.1, 0.15) is 0 Å². The van der Waals surface area contributed by atoms with Gasteiger partial charge in [-0.25, -0.2) is 4.79 Å². The summed E-state index contributed by atoms with van der Waals surface area (Å²) in [6.07, 6.45) is 4.32. The number of carbonyl (C=O) groups is 1. The van der Waals surface area contributed by atoms with Crippen molar-refractivity contribution in [2.45, 2.75) is 44.3 Å². The maximum Gasteiger partial charge on any atom is 0.332 e. The number of carboxylic acid groups (broad SMARTS) is 1. The smallest absolute Gasteiger partial charge is 0.332 e. The minimum atomic E-state index is -0.841. The first-order chi connectivity index (χ1) is 8.24. The van der Waals surface area contributed by atoms with Gasteiger partial charge in [-0.2, -0.15) is 0 Å². The van der Waals surface area contributed by atoms with Crippen LogP contribution in [0.4, 0.5) is 0 Å². The Kier molecular flexibility index (Phi) is 7.16. The number of hydrogen-bond donors (Lipinski definition) is 2. The van der Waals surface area contributed by atoms with E-state index in [0.29, 0.717) is 6.42 Å². The number of aliphatic carboxylic acids is 1. The van der Waals surface area contributed by atoms with E-state index in [2.05, 4.69) is 5.32 Å². The van der Waals surface area contributed by atoms with Gasteiger partial charge >= 0.3 is 5.97 Å². The summed E-state index contributed by atoms with van der Waals surface area (Å²) in [5.41, 5.74) is 0.